The number of aliphatic carboxylic acids is 1. The monoisotopic (exact) mass is 233 g/mol. The summed E-state index contributed by atoms with van der Waals surface area (Å²) < 4.78 is 0. The Bertz CT molecular complexity index is 493. The first-order valence-electron chi connectivity index (χ1n) is 5.87. The SMILES string of the molecule is CCc1cc(N)nc(C23CC(C(=O)O)(C2)C3)n1. The highest BCUT2D eigenvalue weighted by molar-refractivity contribution is 5.80. The molecule has 90 valence electrons. The number of nitrogens with zero attached hydrogens (tertiary/aromatic N) is 2. The van der Waals surface area contributed by atoms with Gasteiger partial charge in [-0.25, -0.2) is 9.97 Å². The number of nitrogens with two attached hydrogens (primary N) is 1. The number of aromatic nitrogens is 2. The van der Waals surface area contributed by atoms with Gasteiger partial charge >= 0.3 is 5.97 Å². The number of nitrogen functional groups attached to an aromatic ring is 1. The van der Waals surface area contributed by atoms with Crippen LogP contribution in [0, 0.1) is 5.41 Å². The Morgan fingerprint density at radius 3 is 2.65 bits per heavy atom. The van der Waals surface area contributed by atoms with E-state index < -0.39 is 11.4 Å². The van der Waals surface area contributed by atoms with Crippen LogP contribution in [0.3, 0.4) is 0 Å². The normalized spacial score (nSPS) is 33.7. The molecule has 3 aliphatic carbocycles. The lowest BCUT2D eigenvalue weighted by atomic mass is 9.35. The second-order valence-corrected chi connectivity index (χ2v) is 5.36. The zero-order valence-electron chi connectivity index (χ0n) is 9.73. The van der Waals surface area contributed by atoms with Crippen molar-refractivity contribution in [3.63, 3.8) is 0 Å². The number of hydrogen-bond donors (Lipinski definition) is 2. The molecule has 1 aromatic rings. The van der Waals surface area contributed by atoms with E-state index in [-0.39, 0.29) is 5.41 Å². The highest BCUT2D eigenvalue weighted by Gasteiger charge is 2.73. The Kier molecular flexibility index (Phi) is 1.83. The summed E-state index contributed by atoms with van der Waals surface area (Å²) in [6.45, 7) is 2.02. The number of carbonyl (C=O) groups is 1. The van der Waals surface area contributed by atoms with Crippen LogP contribution in [0.25, 0.3) is 0 Å². The molecular formula is C12H15N3O2. The van der Waals surface area contributed by atoms with Crippen molar-refractivity contribution in [3.05, 3.63) is 17.6 Å². The second-order valence-electron chi connectivity index (χ2n) is 5.36. The van der Waals surface area contributed by atoms with Gasteiger partial charge in [0.05, 0.1) is 5.41 Å². The quantitative estimate of drug-likeness (QED) is 0.816. The predicted octanol–water partition coefficient (Wildman–Crippen LogP) is 1.13. The zero-order valence-corrected chi connectivity index (χ0v) is 9.73. The highest BCUT2D eigenvalue weighted by atomic mass is 16.4. The molecule has 2 bridgehead atoms. The van der Waals surface area contributed by atoms with Crippen LogP contribution in [0.1, 0.15) is 37.7 Å². The van der Waals surface area contributed by atoms with E-state index in [1.54, 1.807) is 6.07 Å². The maximum Gasteiger partial charge on any atom is 0.309 e. The average Bonchev–Trinajstić information content (AvgIpc) is 2.11. The predicted molar refractivity (Wildman–Crippen MR) is 61.4 cm³/mol. The molecule has 0 amide bonds. The van der Waals surface area contributed by atoms with Crippen molar-refractivity contribution >= 4 is 11.8 Å². The molecule has 0 spiro atoms. The zero-order chi connectivity index (χ0) is 12.3. The van der Waals surface area contributed by atoms with Gasteiger partial charge in [-0.1, -0.05) is 6.92 Å². The second kappa shape index (κ2) is 2.97. The van der Waals surface area contributed by atoms with E-state index in [2.05, 4.69) is 9.97 Å². The molecular weight excluding hydrogens is 218 g/mol. The third kappa shape index (κ3) is 1.22. The van der Waals surface area contributed by atoms with Crippen LogP contribution >= 0.6 is 0 Å². The molecule has 3 saturated carbocycles. The van der Waals surface area contributed by atoms with Crippen molar-refractivity contribution in [2.24, 2.45) is 5.41 Å². The summed E-state index contributed by atoms with van der Waals surface area (Å²) in [6.07, 6.45) is 2.83. The van der Waals surface area contributed by atoms with Gasteiger partial charge in [0.15, 0.2) is 0 Å². The molecule has 5 nitrogen and oxygen atoms in total. The highest BCUT2D eigenvalue weighted by Crippen LogP contribution is 2.73. The van der Waals surface area contributed by atoms with Crippen molar-refractivity contribution < 1.29 is 9.90 Å². The van der Waals surface area contributed by atoms with E-state index in [4.69, 9.17) is 10.8 Å². The maximum atomic E-state index is 11.0. The van der Waals surface area contributed by atoms with Crippen LogP contribution in [0.15, 0.2) is 6.07 Å². The number of hydrogen-bond acceptors (Lipinski definition) is 4. The molecule has 3 N–H and O–H groups in total. The fraction of sp³-hybridized carbons (Fsp3) is 0.583. The van der Waals surface area contributed by atoms with Gasteiger partial charge in [-0.2, -0.15) is 0 Å². The number of anilines is 1. The van der Waals surface area contributed by atoms with E-state index in [9.17, 15) is 4.79 Å². The number of aryl methyl sites for hydroxylation is 1. The molecule has 3 fully saturated rings. The van der Waals surface area contributed by atoms with Gasteiger partial charge in [0.2, 0.25) is 0 Å². The first-order valence-corrected chi connectivity index (χ1v) is 5.87. The van der Waals surface area contributed by atoms with Crippen molar-refractivity contribution in [1.29, 1.82) is 0 Å². The van der Waals surface area contributed by atoms with Crippen molar-refractivity contribution in [1.82, 2.24) is 9.97 Å². The minimum Gasteiger partial charge on any atom is -0.481 e. The van der Waals surface area contributed by atoms with Crippen molar-refractivity contribution in [2.45, 2.75) is 38.0 Å². The Morgan fingerprint density at radius 1 is 1.47 bits per heavy atom. The Morgan fingerprint density at radius 2 is 2.12 bits per heavy atom. The lowest BCUT2D eigenvalue weighted by Crippen LogP contribution is -2.68. The third-order valence-electron chi connectivity index (χ3n) is 4.12. The standard InChI is InChI=1S/C12H15N3O2/c1-2-7-3-8(13)15-9(14-7)11-4-12(5-11,6-11)10(16)17/h3H,2,4-6H2,1H3,(H,16,17)(H2,13,14,15). The fourth-order valence-corrected chi connectivity index (χ4v) is 3.19. The van der Waals surface area contributed by atoms with Crippen LogP contribution in [-0.4, -0.2) is 21.0 Å². The lowest BCUT2D eigenvalue weighted by Gasteiger charge is -2.66. The van der Waals surface area contributed by atoms with Gasteiger partial charge in [-0.15, -0.1) is 0 Å². The van der Waals surface area contributed by atoms with Gasteiger partial charge in [0, 0.05) is 17.2 Å². The molecule has 0 unspecified atom stereocenters. The molecule has 0 aliphatic heterocycles. The molecule has 0 saturated heterocycles. The third-order valence-corrected chi connectivity index (χ3v) is 4.12. The van der Waals surface area contributed by atoms with Gasteiger partial charge in [0.25, 0.3) is 0 Å². The van der Waals surface area contributed by atoms with Crippen LogP contribution < -0.4 is 5.73 Å². The molecule has 1 heterocycles. The summed E-state index contributed by atoms with van der Waals surface area (Å²) in [5, 5.41) is 9.08. The van der Waals surface area contributed by atoms with Crippen LogP contribution in [0.4, 0.5) is 5.82 Å². The fourth-order valence-electron chi connectivity index (χ4n) is 3.19. The number of carboxylic acid groups (broad SMARTS) is 1. The van der Waals surface area contributed by atoms with Crippen molar-refractivity contribution in [2.75, 3.05) is 5.73 Å². The van der Waals surface area contributed by atoms with E-state index in [1.807, 2.05) is 6.92 Å². The Hall–Kier alpha value is -1.65. The Labute approximate surface area is 99.1 Å². The van der Waals surface area contributed by atoms with Gasteiger partial charge in [0.1, 0.15) is 11.6 Å². The maximum absolute atomic E-state index is 11.0. The van der Waals surface area contributed by atoms with Crippen molar-refractivity contribution in [3.8, 4) is 0 Å². The molecule has 17 heavy (non-hydrogen) atoms. The number of carboxylic acids is 1. The first-order chi connectivity index (χ1) is 8.00. The largest absolute Gasteiger partial charge is 0.481 e. The molecule has 0 radical (unpaired) electrons. The average molecular weight is 233 g/mol. The topological polar surface area (TPSA) is 89.1 Å². The van der Waals surface area contributed by atoms with E-state index in [0.717, 1.165) is 17.9 Å². The minimum absolute atomic E-state index is 0.0995. The van der Waals surface area contributed by atoms with Crippen LogP contribution in [0.2, 0.25) is 0 Å². The number of rotatable bonds is 3. The molecule has 0 atom stereocenters. The summed E-state index contributed by atoms with van der Waals surface area (Å²) in [5.41, 5.74) is 6.10. The minimum atomic E-state index is -0.681. The molecule has 5 heteroatoms. The van der Waals surface area contributed by atoms with E-state index in [1.165, 1.54) is 0 Å². The van der Waals surface area contributed by atoms with E-state index in [0.29, 0.717) is 25.1 Å². The summed E-state index contributed by atoms with van der Waals surface area (Å²) in [6, 6.07) is 1.78. The molecule has 0 aromatic carbocycles. The molecule has 3 aliphatic rings. The van der Waals surface area contributed by atoms with E-state index >= 15 is 0 Å². The molecule has 1 aromatic heterocycles. The summed E-state index contributed by atoms with van der Waals surface area (Å²) >= 11 is 0. The Balaban J connectivity index is 1.89. The summed E-state index contributed by atoms with van der Waals surface area (Å²) in [4.78, 5) is 19.8. The summed E-state index contributed by atoms with van der Waals surface area (Å²) in [5.74, 6) is 0.553. The lowest BCUT2D eigenvalue weighted by molar-refractivity contribution is -0.196. The van der Waals surface area contributed by atoms with Gasteiger partial charge < -0.3 is 10.8 Å². The van der Waals surface area contributed by atoms with Crippen LogP contribution in [-0.2, 0) is 16.6 Å². The van der Waals surface area contributed by atoms with Crippen LogP contribution in [0.5, 0.6) is 0 Å². The summed E-state index contributed by atoms with van der Waals surface area (Å²) in [7, 11) is 0. The van der Waals surface area contributed by atoms with Gasteiger partial charge in [-0.05, 0) is 25.7 Å². The van der Waals surface area contributed by atoms with Gasteiger partial charge in [-0.3, -0.25) is 4.79 Å². The molecule has 4 rings (SSSR count). The first kappa shape index (κ1) is 10.5. The smallest absolute Gasteiger partial charge is 0.309 e.